The molecule has 0 aromatic heterocycles. The van der Waals surface area contributed by atoms with Crippen LogP contribution in [0, 0.1) is 5.41 Å². The van der Waals surface area contributed by atoms with Crippen LogP contribution in [0.25, 0.3) is 0 Å². The van der Waals surface area contributed by atoms with Gasteiger partial charge in [0.2, 0.25) is 0 Å². The zero-order chi connectivity index (χ0) is 15.3. The molecule has 1 heteroatoms. The standard InChI is InChI=1S/C19H38O/c1-5-9-12-15-19(18(20)8-4,16-13-10-6-2)17-14-11-7-3/h5-17H2,1-4H3. The first-order chi connectivity index (χ1) is 9.66. The van der Waals surface area contributed by atoms with Gasteiger partial charge in [0.1, 0.15) is 5.78 Å². The largest absolute Gasteiger partial charge is 0.299 e. The molecule has 0 saturated heterocycles. The summed E-state index contributed by atoms with van der Waals surface area (Å²) in [7, 11) is 0. The summed E-state index contributed by atoms with van der Waals surface area (Å²) in [6.45, 7) is 8.79. The van der Waals surface area contributed by atoms with Gasteiger partial charge >= 0.3 is 0 Å². The molecule has 0 saturated carbocycles. The van der Waals surface area contributed by atoms with Gasteiger partial charge in [0, 0.05) is 11.8 Å². The van der Waals surface area contributed by atoms with Crippen LogP contribution in [0.15, 0.2) is 0 Å². The number of carbonyl (C=O) groups is 1. The minimum atomic E-state index is 0.0221. The van der Waals surface area contributed by atoms with Gasteiger partial charge in [-0.05, 0) is 19.3 Å². The van der Waals surface area contributed by atoms with Gasteiger partial charge in [0.25, 0.3) is 0 Å². The van der Waals surface area contributed by atoms with Gasteiger partial charge in [-0.3, -0.25) is 4.79 Å². The SMILES string of the molecule is CCCCCC(CCCCC)(CCCCC)C(=O)CC. The summed E-state index contributed by atoms with van der Waals surface area (Å²) in [6.07, 6.45) is 15.4. The average Bonchev–Trinajstić information content (AvgIpc) is 2.46. The molecule has 0 fully saturated rings. The van der Waals surface area contributed by atoms with E-state index in [2.05, 4.69) is 27.7 Å². The fraction of sp³-hybridized carbons (Fsp3) is 0.947. The monoisotopic (exact) mass is 282 g/mol. The van der Waals surface area contributed by atoms with Gasteiger partial charge in [-0.25, -0.2) is 0 Å². The van der Waals surface area contributed by atoms with E-state index in [-0.39, 0.29) is 5.41 Å². The summed E-state index contributed by atoms with van der Waals surface area (Å²) in [5.41, 5.74) is 0.0221. The highest BCUT2D eigenvalue weighted by atomic mass is 16.1. The smallest absolute Gasteiger partial charge is 0.138 e. The molecule has 0 aliphatic carbocycles. The molecule has 0 rings (SSSR count). The summed E-state index contributed by atoms with van der Waals surface area (Å²) >= 11 is 0. The van der Waals surface area contributed by atoms with E-state index in [1.54, 1.807) is 0 Å². The van der Waals surface area contributed by atoms with E-state index in [9.17, 15) is 4.79 Å². The van der Waals surface area contributed by atoms with Gasteiger partial charge < -0.3 is 0 Å². The highest BCUT2D eigenvalue weighted by Gasteiger charge is 2.34. The lowest BCUT2D eigenvalue weighted by molar-refractivity contribution is -0.130. The van der Waals surface area contributed by atoms with Crippen molar-refractivity contribution >= 4 is 5.78 Å². The fourth-order valence-electron chi connectivity index (χ4n) is 3.31. The van der Waals surface area contributed by atoms with E-state index in [1.165, 1.54) is 57.8 Å². The molecule has 0 radical (unpaired) electrons. The molecule has 0 spiro atoms. The number of unbranched alkanes of at least 4 members (excludes halogenated alkanes) is 6. The summed E-state index contributed by atoms with van der Waals surface area (Å²) in [6, 6.07) is 0. The summed E-state index contributed by atoms with van der Waals surface area (Å²) in [5.74, 6) is 0.542. The molecule has 0 unspecified atom stereocenters. The van der Waals surface area contributed by atoms with Crippen LogP contribution in [0.3, 0.4) is 0 Å². The number of Topliss-reactive ketones (excluding diaryl/α,β-unsaturated/α-hetero) is 1. The van der Waals surface area contributed by atoms with Gasteiger partial charge in [-0.15, -0.1) is 0 Å². The maximum Gasteiger partial charge on any atom is 0.138 e. The Morgan fingerprint density at radius 1 is 0.650 bits per heavy atom. The Kier molecular flexibility index (Phi) is 12.2. The number of hydrogen-bond donors (Lipinski definition) is 0. The molecule has 0 aliphatic rings. The van der Waals surface area contributed by atoms with Crippen LogP contribution in [0.1, 0.15) is 111 Å². The van der Waals surface area contributed by atoms with Crippen LogP contribution in [0.2, 0.25) is 0 Å². The van der Waals surface area contributed by atoms with Crippen molar-refractivity contribution < 1.29 is 4.79 Å². The lowest BCUT2D eigenvalue weighted by atomic mass is 9.70. The maximum absolute atomic E-state index is 12.6. The number of ketones is 1. The van der Waals surface area contributed by atoms with E-state index >= 15 is 0 Å². The first kappa shape index (κ1) is 19.7. The molecule has 0 aliphatic heterocycles. The van der Waals surface area contributed by atoms with Gasteiger partial charge in [-0.2, -0.15) is 0 Å². The van der Waals surface area contributed by atoms with Crippen molar-refractivity contribution in [3.05, 3.63) is 0 Å². The molecular formula is C19H38O. The maximum atomic E-state index is 12.6. The Labute approximate surface area is 127 Å². The molecule has 0 amide bonds. The number of hydrogen-bond acceptors (Lipinski definition) is 1. The molecule has 0 aromatic rings. The van der Waals surface area contributed by atoms with Crippen molar-refractivity contribution in [1.29, 1.82) is 0 Å². The van der Waals surface area contributed by atoms with Crippen molar-refractivity contribution in [3.63, 3.8) is 0 Å². The van der Waals surface area contributed by atoms with Crippen molar-refractivity contribution in [2.75, 3.05) is 0 Å². The quantitative estimate of drug-likeness (QED) is 0.324. The molecular weight excluding hydrogens is 244 g/mol. The van der Waals surface area contributed by atoms with Crippen LogP contribution in [0.5, 0.6) is 0 Å². The lowest BCUT2D eigenvalue weighted by Crippen LogP contribution is -2.31. The van der Waals surface area contributed by atoms with E-state index in [0.717, 1.165) is 25.7 Å². The second-order valence-corrected chi connectivity index (χ2v) is 6.43. The van der Waals surface area contributed by atoms with Crippen LogP contribution < -0.4 is 0 Å². The molecule has 20 heavy (non-hydrogen) atoms. The molecule has 0 aromatic carbocycles. The highest BCUT2D eigenvalue weighted by Crippen LogP contribution is 2.39. The number of rotatable bonds is 14. The predicted octanol–water partition coefficient (Wildman–Crippen LogP) is 6.69. The van der Waals surface area contributed by atoms with E-state index < -0.39 is 0 Å². The minimum absolute atomic E-state index is 0.0221. The van der Waals surface area contributed by atoms with Gasteiger partial charge in [-0.1, -0.05) is 85.5 Å². The third-order valence-electron chi connectivity index (χ3n) is 4.69. The van der Waals surface area contributed by atoms with Crippen LogP contribution in [-0.2, 0) is 4.79 Å². The van der Waals surface area contributed by atoms with E-state index in [0.29, 0.717) is 5.78 Å². The highest BCUT2D eigenvalue weighted by molar-refractivity contribution is 5.84. The Bertz CT molecular complexity index is 205. The number of carbonyl (C=O) groups excluding carboxylic acids is 1. The van der Waals surface area contributed by atoms with Crippen molar-refractivity contribution in [1.82, 2.24) is 0 Å². The first-order valence-corrected chi connectivity index (χ1v) is 9.20. The average molecular weight is 283 g/mol. The Morgan fingerprint density at radius 2 is 1.00 bits per heavy atom. The Hall–Kier alpha value is -0.330. The second kappa shape index (κ2) is 12.4. The molecule has 120 valence electrons. The van der Waals surface area contributed by atoms with Crippen LogP contribution in [-0.4, -0.2) is 5.78 Å². The van der Waals surface area contributed by atoms with Crippen LogP contribution >= 0.6 is 0 Å². The van der Waals surface area contributed by atoms with Gasteiger partial charge in [0.15, 0.2) is 0 Å². The molecule has 0 atom stereocenters. The topological polar surface area (TPSA) is 17.1 Å². The molecule has 1 nitrogen and oxygen atoms in total. The zero-order valence-electron chi connectivity index (χ0n) is 14.6. The van der Waals surface area contributed by atoms with E-state index in [4.69, 9.17) is 0 Å². The molecule has 0 bridgehead atoms. The Balaban J connectivity index is 4.71. The van der Waals surface area contributed by atoms with Crippen molar-refractivity contribution in [3.8, 4) is 0 Å². The second-order valence-electron chi connectivity index (χ2n) is 6.43. The minimum Gasteiger partial charge on any atom is -0.299 e. The Morgan fingerprint density at radius 3 is 1.25 bits per heavy atom. The lowest BCUT2D eigenvalue weighted by Gasteiger charge is -2.33. The first-order valence-electron chi connectivity index (χ1n) is 9.20. The third kappa shape index (κ3) is 7.45. The normalized spacial score (nSPS) is 11.8. The zero-order valence-corrected chi connectivity index (χ0v) is 14.6. The predicted molar refractivity (Wildman–Crippen MR) is 90.2 cm³/mol. The van der Waals surface area contributed by atoms with Crippen molar-refractivity contribution in [2.45, 2.75) is 111 Å². The molecule has 0 heterocycles. The fourth-order valence-corrected chi connectivity index (χ4v) is 3.31. The third-order valence-corrected chi connectivity index (χ3v) is 4.69. The summed E-state index contributed by atoms with van der Waals surface area (Å²) in [4.78, 5) is 12.6. The summed E-state index contributed by atoms with van der Waals surface area (Å²) in [5, 5.41) is 0. The summed E-state index contributed by atoms with van der Waals surface area (Å²) < 4.78 is 0. The van der Waals surface area contributed by atoms with Crippen molar-refractivity contribution in [2.24, 2.45) is 5.41 Å². The van der Waals surface area contributed by atoms with Gasteiger partial charge in [0.05, 0.1) is 0 Å². The van der Waals surface area contributed by atoms with Crippen LogP contribution in [0.4, 0.5) is 0 Å². The van der Waals surface area contributed by atoms with E-state index in [1.807, 2.05) is 0 Å². The molecule has 0 N–H and O–H groups in total.